The molecule has 0 radical (unpaired) electrons. The van der Waals surface area contributed by atoms with Gasteiger partial charge in [0, 0.05) is 15.7 Å². The summed E-state index contributed by atoms with van der Waals surface area (Å²) in [5, 5.41) is 10.8. The molecule has 1 unspecified atom stereocenters. The maximum Gasteiger partial charge on any atom is 0.0568 e. The number of hydrogen-bond acceptors (Lipinski definition) is 2. The Labute approximate surface area is 115 Å². The van der Waals surface area contributed by atoms with Gasteiger partial charge in [0.15, 0.2) is 0 Å². The van der Waals surface area contributed by atoms with Crippen molar-refractivity contribution in [1.29, 1.82) is 0 Å². The van der Waals surface area contributed by atoms with E-state index in [1.807, 2.05) is 6.20 Å². The number of nitrogens with one attached hydrogen (secondary N) is 2. The molecule has 3 rings (SSSR count). The number of aromatic amines is 1. The van der Waals surface area contributed by atoms with Crippen LogP contribution >= 0.6 is 15.9 Å². The lowest BCUT2D eigenvalue weighted by atomic mass is 9.97. The van der Waals surface area contributed by atoms with Crippen molar-refractivity contribution in [3.8, 4) is 11.1 Å². The quantitative estimate of drug-likeness (QED) is 0.915. The fourth-order valence-electron chi connectivity index (χ4n) is 2.52. The summed E-state index contributed by atoms with van der Waals surface area (Å²) in [5.74, 6) is 0.736. The molecule has 0 bridgehead atoms. The van der Waals surface area contributed by atoms with Crippen molar-refractivity contribution in [1.82, 2.24) is 15.5 Å². The second-order valence-electron chi connectivity index (χ2n) is 4.83. The predicted octanol–water partition coefficient (Wildman–Crippen LogP) is 2.99. The van der Waals surface area contributed by atoms with Gasteiger partial charge >= 0.3 is 0 Å². The van der Waals surface area contributed by atoms with Crippen molar-refractivity contribution in [3.05, 3.63) is 40.6 Å². The summed E-state index contributed by atoms with van der Waals surface area (Å²) >= 11 is 3.47. The van der Waals surface area contributed by atoms with Gasteiger partial charge in [0.25, 0.3) is 0 Å². The van der Waals surface area contributed by atoms with Crippen LogP contribution in [0, 0.1) is 5.92 Å². The lowest BCUT2D eigenvalue weighted by Crippen LogP contribution is -2.11. The molecule has 0 saturated carbocycles. The van der Waals surface area contributed by atoms with E-state index in [0.717, 1.165) is 29.9 Å². The molecule has 0 aliphatic carbocycles. The molecule has 1 aliphatic rings. The van der Waals surface area contributed by atoms with Crippen LogP contribution in [0.1, 0.15) is 12.1 Å². The minimum absolute atomic E-state index is 0.736. The van der Waals surface area contributed by atoms with Crippen molar-refractivity contribution in [2.75, 3.05) is 13.1 Å². The fourth-order valence-corrected chi connectivity index (χ4v) is 2.79. The Morgan fingerprint density at radius 1 is 1.28 bits per heavy atom. The number of rotatable bonds is 3. The summed E-state index contributed by atoms with van der Waals surface area (Å²) in [6.07, 6.45) is 4.28. The molecule has 2 aromatic rings. The molecule has 1 aliphatic heterocycles. The zero-order valence-electron chi connectivity index (χ0n) is 10.1. The smallest absolute Gasteiger partial charge is 0.0568 e. The van der Waals surface area contributed by atoms with Crippen molar-refractivity contribution in [3.63, 3.8) is 0 Å². The third-order valence-corrected chi connectivity index (χ3v) is 4.06. The molecule has 1 aromatic heterocycles. The lowest BCUT2D eigenvalue weighted by molar-refractivity contribution is 0.571. The highest BCUT2D eigenvalue weighted by molar-refractivity contribution is 9.10. The van der Waals surface area contributed by atoms with Crippen LogP contribution in [0.3, 0.4) is 0 Å². The monoisotopic (exact) mass is 305 g/mol. The molecule has 94 valence electrons. The first-order valence-electron chi connectivity index (χ1n) is 6.32. The van der Waals surface area contributed by atoms with E-state index in [2.05, 4.69) is 55.7 Å². The SMILES string of the molecule is Brc1ccc(-c2cn[nH]c2CC2CCNC2)cc1. The number of H-pyrrole nitrogens is 1. The highest BCUT2D eigenvalue weighted by atomic mass is 79.9. The van der Waals surface area contributed by atoms with Crippen LogP contribution in [0.25, 0.3) is 11.1 Å². The molecule has 18 heavy (non-hydrogen) atoms. The molecular weight excluding hydrogens is 290 g/mol. The average molecular weight is 306 g/mol. The van der Waals surface area contributed by atoms with Crippen LogP contribution < -0.4 is 5.32 Å². The van der Waals surface area contributed by atoms with Gasteiger partial charge in [-0.1, -0.05) is 28.1 Å². The van der Waals surface area contributed by atoms with E-state index in [1.165, 1.54) is 23.2 Å². The van der Waals surface area contributed by atoms with E-state index < -0.39 is 0 Å². The van der Waals surface area contributed by atoms with Gasteiger partial charge in [0.1, 0.15) is 0 Å². The maximum absolute atomic E-state index is 4.21. The maximum atomic E-state index is 4.21. The lowest BCUT2D eigenvalue weighted by Gasteiger charge is -2.08. The Kier molecular flexibility index (Phi) is 3.48. The Morgan fingerprint density at radius 3 is 2.83 bits per heavy atom. The van der Waals surface area contributed by atoms with Crippen LogP contribution in [0.15, 0.2) is 34.9 Å². The summed E-state index contributed by atoms with van der Waals surface area (Å²) in [4.78, 5) is 0. The van der Waals surface area contributed by atoms with Gasteiger partial charge < -0.3 is 5.32 Å². The molecule has 1 saturated heterocycles. The molecule has 3 nitrogen and oxygen atoms in total. The molecule has 1 atom stereocenters. The van der Waals surface area contributed by atoms with Gasteiger partial charge in [-0.25, -0.2) is 0 Å². The second kappa shape index (κ2) is 5.24. The van der Waals surface area contributed by atoms with Crippen molar-refractivity contribution in [2.24, 2.45) is 5.92 Å². The normalized spacial score (nSPS) is 19.3. The summed E-state index contributed by atoms with van der Waals surface area (Å²) in [6, 6.07) is 8.41. The van der Waals surface area contributed by atoms with Crippen molar-refractivity contribution in [2.45, 2.75) is 12.8 Å². The van der Waals surface area contributed by atoms with Gasteiger partial charge in [-0.05, 0) is 49.5 Å². The van der Waals surface area contributed by atoms with E-state index in [1.54, 1.807) is 0 Å². The minimum atomic E-state index is 0.736. The molecule has 2 N–H and O–H groups in total. The largest absolute Gasteiger partial charge is 0.316 e. The van der Waals surface area contributed by atoms with E-state index in [0.29, 0.717) is 0 Å². The van der Waals surface area contributed by atoms with E-state index in [4.69, 9.17) is 0 Å². The first-order valence-corrected chi connectivity index (χ1v) is 7.11. The van der Waals surface area contributed by atoms with Crippen LogP contribution in [0.5, 0.6) is 0 Å². The topological polar surface area (TPSA) is 40.7 Å². The van der Waals surface area contributed by atoms with Crippen LogP contribution in [-0.4, -0.2) is 23.3 Å². The Balaban J connectivity index is 1.84. The van der Waals surface area contributed by atoms with Crippen LogP contribution in [-0.2, 0) is 6.42 Å². The van der Waals surface area contributed by atoms with Gasteiger partial charge in [0.05, 0.1) is 6.20 Å². The molecule has 1 fully saturated rings. The fraction of sp³-hybridized carbons (Fsp3) is 0.357. The second-order valence-corrected chi connectivity index (χ2v) is 5.75. The molecule has 2 heterocycles. The van der Waals surface area contributed by atoms with E-state index in [9.17, 15) is 0 Å². The third-order valence-electron chi connectivity index (χ3n) is 3.53. The average Bonchev–Trinajstić information content (AvgIpc) is 3.02. The number of aromatic nitrogens is 2. The summed E-state index contributed by atoms with van der Waals surface area (Å²) in [7, 11) is 0. The zero-order valence-corrected chi connectivity index (χ0v) is 11.7. The van der Waals surface area contributed by atoms with E-state index in [-0.39, 0.29) is 0 Å². The predicted molar refractivity (Wildman–Crippen MR) is 76.4 cm³/mol. The molecule has 1 aromatic carbocycles. The van der Waals surface area contributed by atoms with Gasteiger partial charge in [-0.15, -0.1) is 0 Å². The molecular formula is C14H16BrN3. The molecule has 0 spiro atoms. The third kappa shape index (κ3) is 2.49. The Bertz CT molecular complexity index is 512. The highest BCUT2D eigenvalue weighted by Crippen LogP contribution is 2.26. The molecule has 4 heteroatoms. The van der Waals surface area contributed by atoms with Crippen LogP contribution in [0.2, 0.25) is 0 Å². The van der Waals surface area contributed by atoms with Crippen LogP contribution in [0.4, 0.5) is 0 Å². The summed E-state index contributed by atoms with van der Waals surface area (Å²) in [6.45, 7) is 2.27. The number of benzene rings is 1. The Morgan fingerprint density at radius 2 is 2.11 bits per heavy atom. The van der Waals surface area contributed by atoms with E-state index >= 15 is 0 Å². The minimum Gasteiger partial charge on any atom is -0.316 e. The zero-order chi connectivity index (χ0) is 12.4. The molecule has 0 amide bonds. The van der Waals surface area contributed by atoms with Gasteiger partial charge in [0.2, 0.25) is 0 Å². The summed E-state index contributed by atoms with van der Waals surface area (Å²) < 4.78 is 1.11. The highest BCUT2D eigenvalue weighted by Gasteiger charge is 2.18. The number of nitrogens with zero attached hydrogens (tertiary/aromatic N) is 1. The number of hydrogen-bond donors (Lipinski definition) is 2. The number of halogens is 1. The Hall–Kier alpha value is -1.13. The van der Waals surface area contributed by atoms with Crippen molar-refractivity contribution < 1.29 is 0 Å². The van der Waals surface area contributed by atoms with Gasteiger partial charge in [-0.3, -0.25) is 5.10 Å². The summed E-state index contributed by atoms with van der Waals surface area (Å²) in [5.41, 5.74) is 3.72. The van der Waals surface area contributed by atoms with Gasteiger partial charge in [-0.2, -0.15) is 5.10 Å². The first kappa shape index (κ1) is 11.9. The van der Waals surface area contributed by atoms with Crippen molar-refractivity contribution >= 4 is 15.9 Å². The standard InChI is InChI=1S/C14H16BrN3/c15-12-3-1-11(2-4-12)13-9-17-18-14(13)7-10-5-6-16-8-10/h1-4,9-10,16H,5-8H2,(H,17,18). The first-order chi connectivity index (χ1) is 8.83.